The van der Waals surface area contributed by atoms with E-state index in [9.17, 15) is 44.6 Å². The van der Waals surface area contributed by atoms with Crippen molar-refractivity contribution in [3.8, 4) is 0 Å². The second-order valence-corrected chi connectivity index (χ2v) is 9.29. The number of aliphatic hydroxyl groups excluding tert-OH is 1. The first-order valence-electron chi connectivity index (χ1n) is 11.8. The predicted molar refractivity (Wildman–Crippen MR) is 127 cm³/mol. The van der Waals surface area contributed by atoms with Crippen LogP contribution in [0.25, 0.3) is 0 Å². The minimum atomic E-state index is -4.99. The number of nitrogens with zero attached hydrogens (tertiary/aromatic N) is 2. The van der Waals surface area contributed by atoms with Gasteiger partial charge in [0.1, 0.15) is 0 Å². The molecule has 12 heteroatoms. The first kappa shape index (κ1) is 28.6. The summed E-state index contributed by atoms with van der Waals surface area (Å²) in [5.74, 6) is 0. The van der Waals surface area contributed by atoms with Crippen molar-refractivity contribution in [1.82, 2.24) is 0 Å². The summed E-state index contributed by atoms with van der Waals surface area (Å²) in [6, 6.07) is 13.0. The van der Waals surface area contributed by atoms with Gasteiger partial charge in [-0.05, 0) is 54.4 Å². The van der Waals surface area contributed by atoms with E-state index in [4.69, 9.17) is 0 Å². The molecular formula is C27H23F9N2O. The van der Waals surface area contributed by atoms with Crippen LogP contribution in [0.4, 0.5) is 50.9 Å². The lowest BCUT2D eigenvalue weighted by molar-refractivity contribution is -0.200. The smallest absolute Gasteiger partial charge is 0.382 e. The zero-order valence-electron chi connectivity index (χ0n) is 20.3. The van der Waals surface area contributed by atoms with Crippen LogP contribution in [-0.2, 0) is 12.4 Å². The third kappa shape index (κ3) is 6.10. The van der Waals surface area contributed by atoms with Gasteiger partial charge in [-0.2, -0.15) is 39.5 Å². The van der Waals surface area contributed by atoms with Crippen LogP contribution >= 0.6 is 0 Å². The third-order valence-corrected chi connectivity index (χ3v) is 6.76. The summed E-state index contributed by atoms with van der Waals surface area (Å²) < 4.78 is 121. The second-order valence-electron chi connectivity index (χ2n) is 9.29. The van der Waals surface area contributed by atoms with Gasteiger partial charge in [0.05, 0.1) is 41.1 Å². The maximum Gasteiger partial charge on any atom is 0.416 e. The number of halogens is 9. The van der Waals surface area contributed by atoms with Crippen molar-refractivity contribution in [1.29, 1.82) is 0 Å². The Morgan fingerprint density at radius 2 is 1.33 bits per heavy atom. The Hall–Kier alpha value is -3.41. The van der Waals surface area contributed by atoms with Gasteiger partial charge < -0.3 is 14.9 Å². The summed E-state index contributed by atoms with van der Waals surface area (Å²) in [4.78, 5) is 2.84. The molecule has 3 aromatic rings. The van der Waals surface area contributed by atoms with E-state index in [-0.39, 0.29) is 23.4 Å². The van der Waals surface area contributed by atoms with Crippen LogP contribution in [0.1, 0.15) is 41.3 Å². The summed E-state index contributed by atoms with van der Waals surface area (Å²) in [5.41, 5.74) is -1.05. The molecule has 210 valence electrons. The number of anilines is 2. The van der Waals surface area contributed by atoms with E-state index in [1.54, 1.807) is 24.0 Å². The first-order valence-corrected chi connectivity index (χ1v) is 11.8. The molecule has 0 unspecified atom stereocenters. The molecule has 1 heterocycles. The second kappa shape index (κ2) is 10.3. The number of para-hydroxylation sites is 2. The fourth-order valence-corrected chi connectivity index (χ4v) is 4.75. The van der Waals surface area contributed by atoms with Gasteiger partial charge in [-0.3, -0.25) is 0 Å². The Morgan fingerprint density at radius 3 is 1.92 bits per heavy atom. The van der Waals surface area contributed by atoms with Crippen LogP contribution in [0.3, 0.4) is 0 Å². The molecule has 0 saturated heterocycles. The summed E-state index contributed by atoms with van der Waals surface area (Å²) in [6.07, 6.45) is -17.1. The molecule has 1 aliphatic rings. The Bertz CT molecular complexity index is 1300. The summed E-state index contributed by atoms with van der Waals surface area (Å²) in [6.45, 7) is 0.475. The van der Waals surface area contributed by atoms with Crippen LogP contribution < -0.4 is 9.80 Å². The Labute approximate surface area is 218 Å². The minimum absolute atomic E-state index is 0.0370. The standard InChI is InChI=1S/C27H23F9N2O/c1-16(17-6-4-8-19(12-17)25(28,29)30)37-14-23(18-7-5-9-20(13-18)26(31,32)33)38(15-24(39)27(34,35)36)22-11-3-2-10-21(22)37/h2-13,16,23-24,39H,14-15H2,1H3/t16-,23-,24+/m0/s1. The molecule has 0 amide bonds. The Balaban J connectivity index is 1.84. The van der Waals surface area contributed by atoms with Crippen molar-refractivity contribution in [2.45, 2.75) is 43.6 Å². The molecule has 0 fully saturated rings. The molecule has 0 radical (unpaired) electrons. The van der Waals surface area contributed by atoms with E-state index >= 15 is 0 Å². The van der Waals surface area contributed by atoms with E-state index in [1.807, 2.05) is 0 Å². The summed E-state index contributed by atoms with van der Waals surface area (Å²) in [5, 5.41) is 9.91. The number of rotatable bonds is 5. The topological polar surface area (TPSA) is 26.7 Å². The maximum absolute atomic E-state index is 13.5. The molecule has 0 bridgehead atoms. The SMILES string of the molecule is C[C@@H](c1cccc(C(F)(F)F)c1)N1C[C@@H](c2cccc(C(F)(F)F)c2)N(C[C@@H](O)C(F)(F)F)c2ccccc21. The van der Waals surface area contributed by atoms with Crippen molar-refractivity contribution >= 4 is 11.4 Å². The molecule has 0 saturated carbocycles. The van der Waals surface area contributed by atoms with E-state index in [2.05, 4.69) is 0 Å². The molecule has 39 heavy (non-hydrogen) atoms. The summed E-state index contributed by atoms with van der Waals surface area (Å²) >= 11 is 0. The number of fused-ring (bicyclic) bond motifs is 1. The van der Waals surface area contributed by atoms with Gasteiger partial charge in [0.15, 0.2) is 6.10 Å². The molecule has 1 N–H and O–H groups in total. The number of hydrogen-bond donors (Lipinski definition) is 1. The molecule has 4 rings (SSSR count). The van der Waals surface area contributed by atoms with E-state index in [1.165, 1.54) is 35.2 Å². The zero-order valence-corrected chi connectivity index (χ0v) is 20.3. The van der Waals surface area contributed by atoms with E-state index in [0.717, 1.165) is 30.3 Å². The monoisotopic (exact) mass is 562 g/mol. The van der Waals surface area contributed by atoms with Gasteiger partial charge in [-0.15, -0.1) is 0 Å². The largest absolute Gasteiger partial charge is 0.416 e. The lowest BCUT2D eigenvalue weighted by atomic mass is 9.94. The van der Waals surface area contributed by atoms with Gasteiger partial charge >= 0.3 is 18.5 Å². The van der Waals surface area contributed by atoms with Crippen LogP contribution in [0.5, 0.6) is 0 Å². The van der Waals surface area contributed by atoms with E-state index < -0.39 is 54.4 Å². The van der Waals surface area contributed by atoms with Crippen LogP contribution in [0.2, 0.25) is 0 Å². The van der Waals surface area contributed by atoms with Crippen molar-refractivity contribution in [2.75, 3.05) is 22.9 Å². The lowest BCUT2D eigenvalue weighted by Gasteiger charge is -2.47. The van der Waals surface area contributed by atoms with Crippen LogP contribution in [0.15, 0.2) is 72.8 Å². The summed E-state index contributed by atoms with van der Waals surface area (Å²) in [7, 11) is 0. The van der Waals surface area contributed by atoms with Gasteiger partial charge in [0.25, 0.3) is 0 Å². The quantitative estimate of drug-likeness (QED) is 0.322. The van der Waals surface area contributed by atoms with Crippen LogP contribution in [0, 0.1) is 0 Å². The number of hydrogen-bond acceptors (Lipinski definition) is 3. The number of aliphatic hydroxyl groups is 1. The Morgan fingerprint density at radius 1 is 0.769 bits per heavy atom. The fraction of sp³-hybridized carbons (Fsp3) is 0.333. The highest BCUT2D eigenvalue weighted by molar-refractivity contribution is 5.75. The minimum Gasteiger partial charge on any atom is -0.382 e. The van der Waals surface area contributed by atoms with Crippen molar-refractivity contribution in [3.05, 3.63) is 95.1 Å². The highest BCUT2D eigenvalue weighted by atomic mass is 19.4. The van der Waals surface area contributed by atoms with Crippen LogP contribution in [-0.4, -0.2) is 30.5 Å². The van der Waals surface area contributed by atoms with Gasteiger partial charge in [0, 0.05) is 6.54 Å². The van der Waals surface area contributed by atoms with Crippen molar-refractivity contribution < 1.29 is 44.6 Å². The van der Waals surface area contributed by atoms with Gasteiger partial charge in [-0.25, -0.2) is 0 Å². The highest BCUT2D eigenvalue weighted by Crippen LogP contribution is 2.46. The third-order valence-electron chi connectivity index (χ3n) is 6.76. The fourth-order valence-electron chi connectivity index (χ4n) is 4.75. The molecule has 1 aliphatic heterocycles. The first-order chi connectivity index (χ1) is 18.1. The number of alkyl halides is 9. The molecule has 0 aliphatic carbocycles. The molecule has 3 atom stereocenters. The van der Waals surface area contributed by atoms with Gasteiger partial charge in [0.2, 0.25) is 0 Å². The molecule has 3 nitrogen and oxygen atoms in total. The van der Waals surface area contributed by atoms with Crippen molar-refractivity contribution in [2.24, 2.45) is 0 Å². The average molecular weight is 562 g/mol. The Kier molecular flexibility index (Phi) is 7.54. The molecular weight excluding hydrogens is 539 g/mol. The normalized spacial score (nSPS) is 18.1. The highest BCUT2D eigenvalue weighted by Gasteiger charge is 2.43. The maximum atomic E-state index is 13.5. The van der Waals surface area contributed by atoms with Crippen molar-refractivity contribution in [3.63, 3.8) is 0 Å². The molecule has 3 aromatic carbocycles. The van der Waals surface area contributed by atoms with Gasteiger partial charge in [-0.1, -0.05) is 36.4 Å². The molecule has 0 spiro atoms. The number of benzene rings is 3. The lowest BCUT2D eigenvalue weighted by Crippen LogP contribution is -2.49. The van der Waals surface area contributed by atoms with E-state index in [0.29, 0.717) is 5.69 Å². The number of β-amino-alcohol motifs (C(OH)–C–C–N with tert-alkyl or cyclic N) is 1. The average Bonchev–Trinajstić information content (AvgIpc) is 2.87. The molecule has 0 aromatic heterocycles. The zero-order chi connectivity index (χ0) is 28.8. The predicted octanol–water partition coefficient (Wildman–Crippen LogP) is 7.78.